The Labute approximate surface area is 76.3 Å². The van der Waals surface area contributed by atoms with Gasteiger partial charge in [0, 0.05) is 11.6 Å². The number of carboxylic acids is 1. The third-order valence-electron chi connectivity index (χ3n) is 1.54. The van der Waals surface area contributed by atoms with Crippen molar-refractivity contribution in [3.05, 3.63) is 35.9 Å². The van der Waals surface area contributed by atoms with Crippen molar-refractivity contribution in [2.24, 2.45) is 0 Å². The van der Waals surface area contributed by atoms with Gasteiger partial charge in [-0.25, -0.2) is 4.79 Å². The van der Waals surface area contributed by atoms with Gasteiger partial charge in [-0.2, -0.15) is 0 Å². The van der Waals surface area contributed by atoms with Crippen LogP contribution in [0.1, 0.15) is 5.56 Å². The normalized spacial score (nSPS) is 10.2. The summed E-state index contributed by atoms with van der Waals surface area (Å²) in [5.41, 5.74) is 0.757. The standard InChI is InChI=1S/C10H10O3/c1-13-9-5-3-2-4-8(9)6-7-10(11)12/h2-7H,1H3,(H,11,12)/b7-6-. The van der Waals surface area contributed by atoms with Crippen LogP contribution < -0.4 is 4.74 Å². The summed E-state index contributed by atoms with van der Waals surface area (Å²) >= 11 is 0. The molecule has 0 heterocycles. The second-order valence-corrected chi connectivity index (χ2v) is 2.41. The number of hydrogen-bond acceptors (Lipinski definition) is 2. The van der Waals surface area contributed by atoms with E-state index in [4.69, 9.17) is 9.84 Å². The molecule has 0 atom stereocenters. The van der Waals surface area contributed by atoms with E-state index >= 15 is 0 Å². The minimum absolute atomic E-state index is 0.667. The van der Waals surface area contributed by atoms with Crippen molar-refractivity contribution in [1.82, 2.24) is 0 Å². The summed E-state index contributed by atoms with van der Waals surface area (Å²) in [6.07, 6.45) is 2.58. The summed E-state index contributed by atoms with van der Waals surface area (Å²) in [4.78, 5) is 10.2. The molecule has 0 saturated heterocycles. The first kappa shape index (κ1) is 9.32. The van der Waals surface area contributed by atoms with Gasteiger partial charge in [-0.15, -0.1) is 0 Å². The zero-order chi connectivity index (χ0) is 9.68. The van der Waals surface area contributed by atoms with E-state index in [1.807, 2.05) is 12.1 Å². The minimum Gasteiger partial charge on any atom is -0.496 e. The highest BCUT2D eigenvalue weighted by atomic mass is 16.5. The Balaban J connectivity index is 2.93. The van der Waals surface area contributed by atoms with Crippen LogP contribution in [0.4, 0.5) is 0 Å². The lowest BCUT2D eigenvalue weighted by Crippen LogP contribution is -1.88. The molecule has 1 N–H and O–H groups in total. The van der Waals surface area contributed by atoms with Gasteiger partial charge in [0.05, 0.1) is 7.11 Å². The SMILES string of the molecule is COc1ccccc1/C=C\C(=O)O. The molecule has 0 spiro atoms. The Morgan fingerprint density at radius 1 is 1.46 bits per heavy atom. The van der Waals surface area contributed by atoms with E-state index in [9.17, 15) is 4.79 Å². The first-order chi connectivity index (χ1) is 6.24. The maximum atomic E-state index is 10.2. The maximum Gasteiger partial charge on any atom is 0.328 e. The average Bonchev–Trinajstić information content (AvgIpc) is 2.15. The van der Waals surface area contributed by atoms with Gasteiger partial charge < -0.3 is 9.84 Å². The van der Waals surface area contributed by atoms with Crippen molar-refractivity contribution in [2.45, 2.75) is 0 Å². The lowest BCUT2D eigenvalue weighted by molar-refractivity contribution is -0.131. The van der Waals surface area contributed by atoms with E-state index in [1.54, 1.807) is 19.2 Å². The van der Waals surface area contributed by atoms with Gasteiger partial charge in [-0.1, -0.05) is 18.2 Å². The van der Waals surface area contributed by atoms with Crippen molar-refractivity contribution in [3.63, 3.8) is 0 Å². The number of carbonyl (C=O) groups is 1. The van der Waals surface area contributed by atoms with Crippen LogP contribution in [0.3, 0.4) is 0 Å². The van der Waals surface area contributed by atoms with Gasteiger partial charge >= 0.3 is 5.97 Å². The molecule has 68 valence electrons. The summed E-state index contributed by atoms with van der Waals surface area (Å²) in [6.45, 7) is 0. The van der Waals surface area contributed by atoms with Gasteiger partial charge in [-0.3, -0.25) is 0 Å². The van der Waals surface area contributed by atoms with Gasteiger partial charge in [0.25, 0.3) is 0 Å². The van der Waals surface area contributed by atoms with Crippen molar-refractivity contribution >= 4 is 12.0 Å². The second-order valence-electron chi connectivity index (χ2n) is 2.41. The fraction of sp³-hybridized carbons (Fsp3) is 0.100. The quantitative estimate of drug-likeness (QED) is 0.718. The second kappa shape index (κ2) is 4.30. The molecule has 1 rings (SSSR count). The van der Waals surface area contributed by atoms with Crippen molar-refractivity contribution in [3.8, 4) is 5.75 Å². The molecule has 0 fully saturated rings. The average molecular weight is 178 g/mol. The van der Waals surface area contributed by atoms with Crippen LogP contribution in [0.2, 0.25) is 0 Å². The third-order valence-corrected chi connectivity index (χ3v) is 1.54. The third kappa shape index (κ3) is 2.63. The smallest absolute Gasteiger partial charge is 0.328 e. The Morgan fingerprint density at radius 3 is 2.77 bits per heavy atom. The largest absolute Gasteiger partial charge is 0.496 e. The van der Waals surface area contributed by atoms with Crippen LogP contribution in [0.15, 0.2) is 30.3 Å². The Kier molecular flexibility index (Phi) is 3.09. The summed E-state index contributed by atoms with van der Waals surface area (Å²) < 4.78 is 5.03. The number of ether oxygens (including phenoxy) is 1. The highest BCUT2D eigenvalue weighted by Crippen LogP contribution is 2.18. The first-order valence-electron chi connectivity index (χ1n) is 3.78. The number of rotatable bonds is 3. The van der Waals surface area contributed by atoms with Crippen molar-refractivity contribution in [1.29, 1.82) is 0 Å². The molecule has 0 saturated carbocycles. The zero-order valence-corrected chi connectivity index (χ0v) is 7.23. The number of aliphatic carboxylic acids is 1. The molecule has 0 unspecified atom stereocenters. The topological polar surface area (TPSA) is 46.5 Å². The van der Waals surface area contributed by atoms with Crippen LogP contribution >= 0.6 is 0 Å². The van der Waals surface area contributed by atoms with Crippen molar-refractivity contribution in [2.75, 3.05) is 7.11 Å². The molecular formula is C10H10O3. The van der Waals surface area contributed by atoms with Crippen LogP contribution in [-0.2, 0) is 4.79 Å². The van der Waals surface area contributed by atoms with Crippen LogP contribution in [0.25, 0.3) is 6.08 Å². The molecule has 3 nitrogen and oxygen atoms in total. The predicted molar refractivity (Wildman–Crippen MR) is 49.7 cm³/mol. The Morgan fingerprint density at radius 2 is 2.15 bits per heavy atom. The van der Waals surface area contributed by atoms with Gasteiger partial charge in [0.15, 0.2) is 0 Å². The van der Waals surface area contributed by atoms with E-state index in [2.05, 4.69) is 0 Å². The summed E-state index contributed by atoms with van der Waals surface area (Å²) in [5, 5.41) is 8.41. The van der Waals surface area contributed by atoms with Crippen LogP contribution in [0, 0.1) is 0 Å². The Bertz CT molecular complexity index is 329. The molecule has 0 amide bonds. The van der Waals surface area contributed by atoms with E-state index in [1.165, 1.54) is 6.08 Å². The van der Waals surface area contributed by atoms with Gasteiger partial charge in [0.2, 0.25) is 0 Å². The molecule has 0 aliphatic heterocycles. The lowest BCUT2D eigenvalue weighted by atomic mass is 10.2. The van der Waals surface area contributed by atoms with E-state index in [0.29, 0.717) is 5.75 Å². The molecule has 13 heavy (non-hydrogen) atoms. The molecule has 1 aromatic rings. The highest BCUT2D eigenvalue weighted by molar-refractivity contribution is 5.85. The zero-order valence-electron chi connectivity index (χ0n) is 7.23. The molecule has 0 aliphatic rings. The highest BCUT2D eigenvalue weighted by Gasteiger charge is 1.96. The summed E-state index contributed by atoms with van der Waals surface area (Å²) in [5.74, 6) is -0.300. The minimum atomic E-state index is -0.967. The molecule has 0 bridgehead atoms. The van der Waals surface area contributed by atoms with E-state index in [-0.39, 0.29) is 0 Å². The van der Waals surface area contributed by atoms with Gasteiger partial charge in [0.1, 0.15) is 5.75 Å². The molecule has 0 aromatic heterocycles. The summed E-state index contributed by atoms with van der Waals surface area (Å²) in [6, 6.07) is 7.22. The van der Waals surface area contributed by atoms with Gasteiger partial charge in [-0.05, 0) is 12.1 Å². The fourth-order valence-corrected chi connectivity index (χ4v) is 0.965. The molecular weight excluding hydrogens is 168 g/mol. The fourth-order valence-electron chi connectivity index (χ4n) is 0.965. The van der Waals surface area contributed by atoms with Crippen LogP contribution in [0.5, 0.6) is 5.75 Å². The lowest BCUT2D eigenvalue weighted by Gasteiger charge is -2.02. The first-order valence-corrected chi connectivity index (χ1v) is 3.78. The van der Waals surface area contributed by atoms with Crippen LogP contribution in [-0.4, -0.2) is 18.2 Å². The number of benzene rings is 1. The van der Waals surface area contributed by atoms with E-state index < -0.39 is 5.97 Å². The maximum absolute atomic E-state index is 10.2. The molecule has 3 heteroatoms. The molecule has 1 aromatic carbocycles. The monoisotopic (exact) mass is 178 g/mol. The number of methoxy groups -OCH3 is 1. The molecule has 0 aliphatic carbocycles. The molecule has 0 radical (unpaired) electrons. The number of para-hydroxylation sites is 1. The summed E-state index contributed by atoms with van der Waals surface area (Å²) in [7, 11) is 1.55. The van der Waals surface area contributed by atoms with Crippen molar-refractivity contribution < 1.29 is 14.6 Å². The number of carboxylic acid groups (broad SMARTS) is 1. The predicted octanol–water partition coefficient (Wildman–Crippen LogP) is 1.79. The van der Waals surface area contributed by atoms with E-state index in [0.717, 1.165) is 11.6 Å². The number of hydrogen-bond donors (Lipinski definition) is 1. The Hall–Kier alpha value is -1.77.